The van der Waals surface area contributed by atoms with E-state index in [1.165, 1.54) is 7.11 Å². The molecule has 1 aliphatic heterocycles. The molecule has 1 heterocycles. The zero-order valence-electron chi connectivity index (χ0n) is 11.7. The third-order valence-corrected chi connectivity index (χ3v) is 3.37. The van der Waals surface area contributed by atoms with E-state index in [0.29, 0.717) is 19.4 Å². The largest absolute Gasteiger partial charge is 0.467 e. The van der Waals surface area contributed by atoms with Crippen molar-refractivity contribution in [2.45, 2.75) is 25.8 Å². The summed E-state index contributed by atoms with van der Waals surface area (Å²) in [6, 6.07) is -0.633. The lowest BCUT2D eigenvalue weighted by Gasteiger charge is -2.36. The highest BCUT2D eigenvalue weighted by molar-refractivity contribution is 5.88. The van der Waals surface area contributed by atoms with Crippen molar-refractivity contribution in [1.29, 1.82) is 0 Å². The molecule has 0 unspecified atom stereocenters. The van der Waals surface area contributed by atoms with E-state index in [9.17, 15) is 9.59 Å². The van der Waals surface area contributed by atoms with E-state index in [0.717, 1.165) is 13.1 Å². The molecule has 0 aromatic carbocycles. The number of ether oxygens (including phenoxy) is 2. The SMILES string of the molecule is COCC1(C(=O)N[C@@H](C)C(=O)OC)CCNCC1.Cl. The first-order valence-electron chi connectivity index (χ1n) is 6.14. The van der Waals surface area contributed by atoms with E-state index in [2.05, 4.69) is 15.4 Å². The summed E-state index contributed by atoms with van der Waals surface area (Å²) in [5, 5.41) is 5.92. The first-order chi connectivity index (χ1) is 8.55. The van der Waals surface area contributed by atoms with Crippen LogP contribution >= 0.6 is 12.4 Å². The fourth-order valence-corrected chi connectivity index (χ4v) is 2.20. The van der Waals surface area contributed by atoms with Crippen LogP contribution in [0, 0.1) is 5.41 Å². The second-order valence-corrected chi connectivity index (χ2v) is 4.68. The van der Waals surface area contributed by atoms with Crippen LogP contribution in [-0.4, -0.2) is 51.8 Å². The lowest BCUT2D eigenvalue weighted by Crippen LogP contribution is -2.53. The fraction of sp³-hybridized carbons (Fsp3) is 0.833. The summed E-state index contributed by atoms with van der Waals surface area (Å²) < 4.78 is 9.77. The Kier molecular flexibility index (Phi) is 7.97. The topological polar surface area (TPSA) is 76.7 Å². The van der Waals surface area contributed by atoms with Gasteiger partial charge in [0.15, 0.2) is 0 Å². The zero-order valence-corrected chi connectivity index (χ0v) is 12.5. The van der Waals surface area contributed by atoms with Gasteiger partial charge in [-0.15, -0.1) is 12.4 Å². The molecule has 6 nitrogen and oxygen atoms in total. The molecule has 1 fully saturated rings. The number of carbonyl (C=O) groups excluding carboxylic acids is 2. The molecular weight excluding hydrogens is 272 g/mol. The number of methoxy groups -OCH3 is 2. The molecule has 0 saturated carbocycles. The Morgan fingerprint density at radius 2 is 1.89 bits per heavy atom. The highest BCUT2D eigenvalue weighted by atomic mass is 35.5. The summed E-state index contributed by atoms with van der Waals surface area (Å²) in [5.41, 5.74) is -0.539. The Hall–Kier alpha value is -0.850. The van der Waals surface area contributed by atoms with Gasteiger partial charge in [0.1, 0.15) is 6.04 Å². The summed E-state index contributed by atoms with van der Waals surface area (Å²) in [7, 11) is 2.89. The predicted molar refractivity (Wildman–Crippen MR) is 73.3 cm³/mol. The molecule has 1 aliphatic rings. The Bertz CT molecular complexity index is 301. The molecule has 1 atom stereocenters. The smallest absolute Gasteiger partial charge is 0.328 e. The fourth-order valence-electron chi connectivity index (χ4n) is 2.20. The van der Waals surface area contributed by atoms with Gasteiger partial charge < -0.3 is 20.1 Å². The van der Waals surface area contributed by atoms with Gasteiger partial charge in [-0.1, -0.05) is 0 Å². The molecule has 0 spiro atoms. The molecule has 0 radical (unpaired) electrons. The Morgan fingerprint density at radius 3 is 2.37 bits per heavy atom. The summed E-state index contributed by atoms with van der Waals surface area (Å²) in [5.74, 6) is -0.575. The van der Waals surface area contributed by atoms with Crippen LogP contribution in [0.3, 0.4) is 0 Å². The molecule has 2 N–H and O–H groups in total. The number of halogens is 1. The quantitative estimate of drug-likeness (QED) is 0.704. The van der Waals surface area contributed by atoms with E-state index in [1.54, 1.807) is 14.0 Å². The van der Waals surface area contributed by atoms with Crippen molar-refractivity contribution in [3.63, 3.8) is 0 Å². The second kappa shape index (κ2) is 8.35. The van der Waals surface area contributed by atoms with Crippen LogP contribution in [0.2, 0.25) is 0 Å². The van der Waals surface area contributed by atoms with Gasteiger partial charge in [0.25, 0.3) is 0 Å². The predicted octanol–water partition coefficient (Wildman–Crippen LogP) is 0.102. The number of piperidine rings is 1. The highest BCUT2D eigenvalue weighted by Crippen LogP contribution is 2.29. The monoisotopic (exact) mass is 294 g/mol. The first kappa shape index (κ1) is 18.1. The van der Waals surface area contributed by atoms with Crippen LogP contribution in [-0.2, 0) is 19.1 Å². The summed E-state index contributed by atoms with van der Waals surface area (Å²) in [4.78, 5) is 23.6. The van der Waals surface area contributed by atoms with Crippen molar-refractivity contribution in [1.82, 2.24) is 10.6 Å². The normalized spacial score (nSPS) is 18.9. The molecule has 0 aliphatic carbocycles. The van der Waals surface area contributed by atoms with E-state index in [-0.39, 0.29) is 18.3 Å². The van der Waals surface area contributed by atoms with E-state index in [4.69, 9.17) is 4.74 Å². The van der Waals surface area contributed by atoms with Crippen LogP contribution in [0.5, 0.6) is 0 Å². The molecule has 0 aromatic heterocycles. The van der Waals surface area contributed by atoms with Gasteiger partial charge in [-0.25, -0.2) is 4.79 Å². The van der Waals surface area contributed by atoms with Crippen LogP contribution in [0.15, 0.2) is 0 Å². The average Bonchev–Trinajstić information content (AvgIpc) is 2.39. The number of rotatable bonds is 5. The third-order valence-electron chi connectivity index (χ3n) is 3.37. The average molecular weight is 295 g/mol. The molecular formula is C12H23ClN2O4. The van der Waals surface area contributed by atoms with E-state index < -0.39 is 17.4 Å². The van der Waals surface area contributed by atoms with Crippen molar-refractivity contribution < 1.29 is 19.1 Å². The first-order valence-corrected chi connectivity index (χ1v) is 6.14. The number of hydrogen-bond acceptors (Lipinski definition) is 5. The van der Waals surface area contributed by atoms with Crippen molar-refractivity contribution in [2.24, 2.45) is 5.41 Å². The van der Waals surface area contributed by atoms with Gasteiger partial charge in [0.2, 0.25) is 5.91 Å². The van der Waals surface area contributed by atoms with Gasteiger partial charge in [0.05, 0.1) is 19.1 Å². The van der Waals surface area contributed by atoms with Gasteiger partial charge in [0, 0.05) is 7.11 Å². The van der Waals surface area contributed by atoms with Crippen molar-refractivity contribution in [3.8, 4) is 0 Å². The highest BCUT2D eigenvalue weighted by Gasteiger charge is 2.40. The second-order valence-electron chi connectivity index (χ2n) is 4.68. The van der Waals surface area contributed by atoms with Crippen molar-refractivity contribution in [2.75, 3.05) is 33.9 Å². The maximum absolute atomic E-state index is 12.3. The molecule has 0 aromatic rings. The summed E-state index contributed by atoms with van der Waals surface area (Å²) >= 11 is 0. The third kappa shape index (κ3) is 4.63. The molecule has 7 heteroatoms. The number of amides is 1. The molecule has 19 heavy (non-hydrogen) atoms. The Balaban J connectivity index is 0.00000324. The maximum atomic E-state index is 12.3. The minimum atomic E-state index is -0.633. The van der Waals surface area contributed by atoms with Crippen LogP contribution in [0.25, 0.3) is 0 Å². The molecule has 1 rings (SSSR count). The lowest BCUT2D eigenvalue weighted by atomic mass is 9.78. The minimum absolute atomic E-state index is 0. The number of hydrogen-bond donors (Lipinski definition) is 2. The summed E-state index contributed by atoms with van der Waals surface area (Å²) in [6.07, 6.45) is 1.42. The van der Waals surface area contributed by atoms with Crippen LogP contribution in [0.1, 0.15) is 19.8 Å². The Morgan fingerprint density at radius 1 is 1.32 bits per heavy atom. The molecule has 0 bridgehead atoms. The Labute approximate surface area is 120 Å². The van der Waals surface area contributed by atoms with Gasteiger partial charge >= 0.3 is 5.97 Å². The number of carbonyl (C=O) groups is 2. The van der Waals surface area contributed by atoms with Crippen LogP contribution < -0.4 is 10.6 Å². The zero-order chi connectivity index (χ0) is 13.6. The summed E-state index contributed by atoms with van der Waals surface area (Å²) in [6.45, 7) is 3.55. The van der Waals surface area contributed by atoms with Gasteiger partial charge in [-0.2, -0.15) is 0 Å². The van der Waals surface area contributed by atoms with Crippen molar-refractivity contribution >= 4 is 24.3 Å². The minimum Gasteiger partial charge on any atom is -0.467 e. The number of esters is 1. The van der Waals surface area contributed by atoms with Crippen molar-refractivity contribution in [3.05, 3.63) is 0 Å². The van der Waals surface area contributed by atoms with Gasteiger partial charge in [-0.05, 0) is 32.9 Å². The van der Waals surface area contributed by atoms with E-state index >= 15 is 0 Å². The van der Waals surface area contributed by atoms with E-state index in [1.807, 2.05) is 0 Å². The maximum Gasteiger partial charge on any atom is 0.328 e. The number of nitrogens with one attached hydrogen (secondary N) is 2. The molecule has 1 amide bonds. The molecule has 1 saturated heterocycles. The van der Waals surface area contributed by atoms with Gasteiger partial charge in [-0.3, -0.25) is 4.79 Å². The van der Waals surface area contributed by atoms with Crippen LogP contribution in [0.4, 0.5) is 0 Å². The standard InChI is InChI=1S/C12H22N2O4.ClH/c1-9(10(15)18-3)14-11(16)12(8-17-2)4-6-13-7-5-12;/h9,13H,4-8H2,1-3H3,(H,14,16);1H/t9-;/m0./s1. The molecule has 112 valence electrons. The lowest BCUT2D eigenvalue weighted by molar-refractivity contribution is -0.147.